The van der Waals surface area contributed by atoms with E-state index in [9.17, 15) is 4.79 Å². The Hall–Kier alpha value is -1.71. The normalized spacial score (nSPS) is 22.6. The van der Waals surface area contributed by atoms with E-state index in [0.717, 1.165) is 17.3 Å². The Balaban J connectivity index is 1.89. The van der Waals surface area contributed by atoms with Gasteiger partial charge in [0, 0.05) is 24.5 Å². The second kappa shape index (κ2) is 5.76. The predicted octanol–water partition coefficient (Wildman–Crippen LogP) is 3.04. The van der Waals surface area contributed by atoms with Gasteiger partial charge < -0.3 is 16.0 Å². The SMILES string of the molecule is CNC(=O)Nc1ccc(NC2CCC(C)C2)cc1. The van der Waals surface area contributed by atoms with Gasteiger partial charge in [-0.2, -0.15) is 0 Å². The molecule has 0 aliphatic heterocycles. The quantitative estimate of drug-likeness (QED) is 0.769. The van der Waals surface area contributed by atoms with E-state index in [1.54, 1.807) is 7.05 Å². The van der Waals surface area contributed by atoms with Gasteiger partial charge in [0.15, 0.2) is 0 Å². The van der Waals surface area contributed by atoms with Gasteiger partial charge >= 0.3 is 6.03 Å². The van der Waals surface area contributed by atoms with E-state index in [1.807, 2.05) is 24.3 Å². The second-order valence-electron chi connectivity index (χ2n) is 5.04. The summed E-state index contributed by atoms with van der Waals surface area (Å²) in [5.74, 6) is 0.830. The van der Waals surface area contributed by atoms with E-state index in [4.69, 9.17) is 0 Å². The molecule has 0 heterocycles. The summed E-state index contributed by atoms with van der Waals surface area (Å²) in [7, 11) is 1.60. The van der Waals surface area contributed by atoms with Gasteiger partial charge in [-0.1, -0.05) is 6.92 Å². The molecule has 2 rings (SSSR count). The number of hydrogen-bond donors (Lipinski definition) is 3. The Bertz CT molecular complexity index is 402. The van der Waals surface area contributed by atoms with Crippen molar-refractivity contribution >= 4 is 17.4 Å². The molecule has 0 spiro atoms. The van der Waals surface area contributed by atoms with E-state index >= 15 is 0 Å². The molecule has 0 aromatic heterocycles. The fraction of sp³-hybridized carbons (Fsp3) is 0.500. The molecular formula is C14H21N3O. The number of urea groups is 1. The Morgan fingerprint density at radius 1 is 1.17 bits per heavy atom. The lowest BCUT2D eigenvalue weighted by Crippen LogP contribution is -2.24. The fourth-order valence-corrected chi connectivity index (χ4v) is 2.42. The van der Waals surface area contributed by atoms with Crippen molar-refractivity contribution < 1.29 is 4.79 Å². The number of nitrogens with one attached hydrogen (secondary N) is 3. The van der Waals surface area contributed by atoms with Crippen molar-refractivity contribution in [2.24, 2.45) is 5.92 Å². The fourth-order valence-electron chi connectivity index (χ4n) is 2.42. The average molecular weight is 247 g/mol. The topological polar surface area (TPSA) is 53.2 Å². The summed E-state index contributed by atoms with van der Waals surface area (Å²) in [5.41, 5.74) is 1.93. The Labute approximate surface area is 108 Å². The van der Waals surface area contributed by atoms with Gasteiger partial charge in [0.05, 0.1) is 0 Å². The molecule has 18 heavy (non-hydrogen) atoms. The van der Waals surface area contributed by atoms with Crippen LogP contribution in [-0.4, -0.2) is 19.1 Å². The van der Waals surface area contributed by atoms with Crippen molar-refractivity contribution in [3.63, 3.8) is 0 Å². The number of carbonyl (C=O) groups is 1. The van der Waals surface area contributed by atoms with Crippen LogP contribution in [0.15, 0.2) is 24.3 Å². The summed E-state index contributed by atoms with van der Waals surface area (Å²) in [4.78, 5) is 11.1. The highest BCUT2D eigenvalue weighted by Gasteiger charge is 2.20. The lowest BCUT2D eigenvalue weighted by molar-refractivity contribution is 0.254. The van der Waals surface area contributed by atoms with Crippen LogP contribution < -0.4 is 16.0 Å². The van der Waals surface area contributed by atoms with Gasteiger partial charge in [0.1, 0.15) is 0 Å². The third kappa shape index (κ3) is 3.39. The molecule has 1 aromatic rings. The van der Waals surface area contributed by atoms with E-state index in [1.165, 1.54) is 19.3 Å². The maximum Gasteiger partial charge on any atom is 0.318 e. The highest BCUT2D eigenvalue weighted by atomic mass is 16.2. The van der Waals surface area contributed by atoms with Gasteiger partial charge in [-0.05, 0) is 49.4 Å². The third-order valence-corrected chi connectivity index (χ3v) is 3.44. The molecule has 1 fully saturated rings. The number of rotatable bonds is 3. The summed E-state index contributed by atoms with van der Waals surface area (Å²) in [6.45, 7) is 2.30. The zero-order valence-electron chi connectivity index (χ0n) is 11.0. The maximum atomic E-state index is 11.1. The van der Waals surface area contributed by atoms with Crippen LogP contribution in [-0.2, 0) is 0 Å². The molecule has 3 N–H and O–H groups in total. The minimum atomic E-state index is -0.194. The van der Waals surface area contributed by atoms with Crippen molar-refractivity contribution in [2.75, 3.05) is 17.7 Å². The molecule has 1 aromatic carbocycles. The van der Waals surface area contributed by atoms with E-state index in [-0.39, 0.29) is 6.03 Å². The third-order valence-electron chi connectivity index (χ3n) is 3.44. The monoisotopic (exact) mass is 247 g/mol. The van der Waals surface area contributed by atoms with E-state index < -0.39 is 0 Å². The Kier molecular flexibility index (Phi) is 4.07. The van der Waals surface area contributed by atoms with Crippen molar-refractivity contribution in [2.45, 2.75) is 32.2 Å². The first kappa shape index (κ1) is 12.7. The van der Waals surface area contributed by atoms with Crippen LogP contribution in [0.3, 0.4) is 0 Å². The molecule has 2 amide bonds. The Morgan fingerprint density at radius 3 is 2.39 bits per heavy atom. The van der Waals surface area contributed by atoms with Crippen LogP contribution in [0, 0.1) is 5.92 Å². The van der Waals surface area contributed by atoms with Crippen LogP contribution >= 0.6 is 0 Å². The van der Waals surface area contributed by atoms with Gasteiger partial charge in [0.25, 0.3) is 0 Å². The summed E-state index contributed by atoms with van der Waals surface area (Å²) in [5, 5.41) is 8.81. The standard InChI is InChI=1S/C14H21N3O/c1-10-3-4-13(9-10)16-11-5-7-12(8-6-11)17-14(18)15-2/h5-8,10,13,16H,3-4,9H2,1-2H3,(H2,15,17,18). The van der Waals surface area contributed by atoms with Gasteiger partial charge in [0.2, 0.25) is 0 Å². The van der Waals surface area contributed by atoms with Crippen molar-refractivity contribution in [1.29, 1.82) is 0 Å². The van der Waals surface area contributed by atoms with Crippen LogP contribution in [0.2, 0.25) is 0 Å². The maximum absolute atomic E-state index is 11.1. The van der Waals surface area contributed by atoms with Gasteiger partial charge in [-0.15, -0.1) is 0 Å². The zero-order valence-corrected chi connectivity index (χ0v) is 11.0. The van der Waals surface area contributed by atoms with Crippen molar-refractivity contribution in [3.05, 3.63) is 24.3 Å². The average Bonchev–Trinajstić information content (AvgIpc) is 2.77. The highest BCUT2D eigenvalue weighted by Crippen LogP contribution is 2.27. The summed E-state index contributed by atoms with van der Waals surface area (Å²) in [6, 6.07) is 8.24. The summed E-state index contributed by atoms with van der Waals surface area (Å²) >= 11 is 0. The van der Waals surface area contributed by atoms with Gasteiger partial charge in [-0.3, -0.25) is 0 Å². The molecule has 0 radical (unpaired) electrons. The van der Waals surface area contributed by atoms with E-state index in [2.05, 4.69) is 22.9 Å². The molecule has 0 bridgehead atoms. The highest BCUT2D eigenvalue weighted by molar-refractivity contribution is 5.89. The van der Waals surface area contributed by atoms with E-state index in [0.29, 0.717) is 6.04 Å². The molecule has 1 aliphatic carbocycles. The second-order valence-corrected chi connectivity index (χ2v) is 5.04. The first-order chi connectivity index (χ1) is 8.67. The lowest BCUT2D eigenvalue weighted by atomic mass is 10.1. The number of anilines is 2. The molecule has 4 heteroatoms. The lowest BCUT2D eigenvalue weighted by Gasteiger charge is -2.14. The smallest absolute Gasteiger partial charge is 0.318 e. The van der Waals surface area contributed by atoms with Crippen LogP contribution in [0.25, 0.3) is 0 Å². The number of amides is 2. The minimum absolute atomic E-state index is 0.194. The zero-order chi connectivity index (χ0) is 13.0. The van der Waals surface area contributed by atoms with Crippen LogP contribution in [0.5, 0.6) is 0 Å². The first-order valence-corrected chi connectivity index (χ1v) is 6.52. The molecule has 4 nitrogen and oxygen atoms in total. The van der Waals surface area contributed by atoms with Crippen LogP contribution in [0.4, 0.5) is 16.2 Å². The summed E-state index contributed by atoms with van der Waals surface area (Å²) in [6.07, 6.45) is 3.81. The van der Waals surface area contributed by atoms with Crippen molar-refractivity contribution in [3.8, 4) is 0 Å². The van der Waals surface area contributed by atoms with Gasteiger partial charge in [-0.25, -0.2) is 4.79 Å². The molecule has 1 aliphatic rings. The molecular weight excluding hydrogens is 226 g/mol. The minimum Gasteiger partial charge on any atom is -0.382 e. The molecule has 2 atom stereocenters. The molecule has 2 unspecified atom stereocenters. The predicted molar refractivity (Wildman–Crippen MR) is 74.9 cm³/mol. The number of benzene rings is 1. The summed E-state index contributed by atoms with van der Waals surface area (Å²) < 4.78 is 0. The van der Waals surface area contributed by atoms with Crippen LogP contribution in [0.1, 0.15) is 26.2 Å². The molecule has 1 saturated carbocycles. The molecule has 0 saturated heterocycles. The number of hydrogen-bond acceptors (Lipinski definition) is 2. The van der Waals surface area contributed by atoms with Crippen molar-refractivity contribution in [1.82, 2.24) is 5.32 Å². The number of carbonyl (C=O) groups excluding carboxylic acids is 1. The molecule has 98 valence electrons. The Morgan fingerprint density at radius 2 is 1.83 bits per heavy atom. The first-order valence-electron chi connectivity index (χ1n) is 6.52. The largest absolute Gasteiger partial charge is 0.382 e.